The first-order valence-corrected chi connectivity index (χ1v) is 9.48. The van der Waals surface area contributed by atoms with Gasteiger partial charge in [0, 0.05) is 17.8 Å². The molecule has 6 heteroatoms. The van der Waals surface area contributed by atoms with E-state index in [-0.39, 0.29) is 11.1 Å². The number of hydrogen-bond donors (Lipinski definition) is 1. The number of aromatic nitrogens is 1. The van der Waals surface area contributed by atoms with Crippen LogP contribution in [0, 0.1) is 10.1 Å². The zero-order valence-corrected chi connectivity index (χ0v) is 17.0. The highest BCUT2D eigenvalue weighted by Gasteiger charge is 2.20. The molecule has 0 aliphatic heterocycles. The van der Waals surface area contributed by atoms with Crippen LogP contribution in [0.2, 0.25) is 0 Å². The van der Waals surface area contributed by atoms with Crippen LogP contribution in [-0.2, 0) is 11.8 Å². The largest absolute Gasteiger partial charge is 0.423 e. The molecule has 0 aliphatic rings. The van der Waals surface area contributed by atoms with Crippen LogP contribution in [0.4, 0.5) is 5.69 Å². The van der Waals surface area contributed by atoms with Crippen molar-refractivity contribution in [1.82, 2.24) is 4.98 Å². The Bertz CT molecular complexity index is 1030. The van der Waals surface area contributed by atoms with Gasteiger partial charge in [0.25, 0.3) is 5.69 Å². The van der Waals surface area contributed by atoms with E-state index in [9.17, 15) is 14.9 Å². The lowest BCUT2D eigenvalue weighted by atomic mass is 9.87. The molecule has 1 heterocycles. The Morgan fingerprint density at radius 2 is 1.69 bits per heavy atom. The molecule has 0 amide bonds. The summed E-state index contributed by atoms with van der Waals surface area (Å²) in [5.74, 6) is -0.00490. The van der Waals surface area contributed by atoms with Gasteiger partial charge >= 0.3 is 5.97 Å². The van der Waals surface area contributed by atoms with Crippen molar-refractivity contribution in [2.75, 3.05) is 0 Å². The molecular weight excluding hydrogens is 368 g/mol. The number of hydrogen-bond acceptors (Lipinski definition) is 4. The van der Waals surface area contributed by atoms with Gasteiger partial charge in [0.15, 0.2) is 0 Å². The number of aromatic amines is 1. The first-order valence-electron chi connectivity index (χ1n) is 9.48. The molecule has 1 aromatic heterocycles. The number of H-pyrrole nitrogens is 1. The standard InChI is InChI=1S/C23H24N2O4/c1-5-17-14-20(21(24-17)15-6-10-18(11-7-15)25(27)28)22(26)29-19-12-8-16(9-13-19)23(2,3)4/h6-14,24H,5H2,1-4H3. The SMILES string of the molecule is CCc1cc(C(=O)Oc2ccc(C(C)(C)C)cc2)c(-c2ccc([N+](=O)[O-])cc2)[nH]1. The fourth-order valence-corrected chi connectivity index (χ4v) is 3.02. The van der Waals surface area contributed by atoms with Gasteiger partial charge in [0.2, 0.25) is 0 Å². The van der Waals surface area contributed by atoms with Gasteiger partial charge in [-0.25, -0.2) is 4.79 Å². The molecule has 1 N–H and O–H groups in total. The average molecular weight is 392 g/mol. The summed E-state index contributed by atoms with van der Waals surface area (Å²) < 4.78 is 5.58. The smallest absolute Gasteiger partial charge is 0.345 e. The molecule has 29 heavy (non-hydrogen) atoms. The number of carbonyl (C=O) groups is 1. The first kappa shape index (κ1) is 20.3. The van der Waals surface area contributed by atoms with Gasteiger partial charge in [-0.2, -0.15) is 0 Å². The summed E-state index contributed by atoms with van der Waals surface area (Å²) in [6.45, 7) is 8.34. The van der Waals surface area contributed by atoms with E-state index in [0.717, 1.165) is 11.3 Å². The second-order valence-electron chi connectivity index (χ2n) is 7.90. The van der Waals surface area contributed by atoms with Crippen LogP contribution in [0.3, 0.4) is 0 Å². The topological polar surface area (TPSA) is 85.2 Å². The van der Waals surface area contributed by atoms with Gasteiger partial charge in [-0.15, -0.1) is 0 Å². The number of carbonyl (C=O) groups excluding carboxylic acids is 1. The fraction of sp³-hybridized carbons (Fsp3) is 0.261. The monoisotopic (exact) mass is 392 g/mol. The van der Waals surface area contributed by atoms with E-state index in [1.165, 1.54) is 12.1 Å². The molecule has 3 rings (SSSR count). The molecule has 0 aliphatic carbocycles. The molecule has 2 aromatic carbocycles. The summed E-state index contributed by atoms with van der Waals surface area (Å²) in [4.78, 5) is 26.5. The van der Waals surface area contributed by atoms with E-state index < -0.39 is 10.9 Å². The molecule has 0 saturated carbocycles. The lowest BCUT2D eigenvalue weighted by Gasteiger charge is -2.19. The number of nitro groups is 1. The van der Waals surface area contributed by atoms with E-state index in [4.69, 9.17) is 4.74 Å². The molecule has 0 radical (unpaired) electrons. The summed E-state index contributed by atoms with van der Waals surface area (Å²) in [7, 11) is 0. The maximum Gasteiger partial charge on any atom is 0.345 e. The van der Waals surface area contributed by atoms with Crippen molar-refractivity contribution in [3.05, 3.63) is 81.5 Å². The van der Waals surface area contributed by atoms with E-state index >= 15 is 0 Å². The minimum atomic E-state index is -0.474. The number of nitro benzene ring substituents is 1. The molecule has 0 fully saturated rings. The number of benzene rings is 2. The van der Waals surface area contributed by atoms with Crippen molar-refractivity contribution in [3.8, 4) is 17.0 Å². The molecule has 0 bridgehead atoms. The maximum absolute atomic E-state index is 12.8. The van der Waals surface area contributed by atoms with Gasteiger partial charge in [0.1, 0.15) is 5.75 Å². The van der Waals surface area contributed by atoms with E-state index in [2.05, 4.69) is 25.8 Å². The maximum atomic E-state index is 12.8. The van der Waals surface area contributed by atoms with Gasteiger partial charge in [-0.05, 0) is 53.3 Å². The molecule has 6 nitrogen and oxygen atoms in total. The Hall–Kier alpha value is -3.41. The molecule has 0 saturated heterocycles. The second-order valence-corrected chi connectivity index (χ2v) is 7.90. The van der Waals surface area contributed by atoms with Crippen molar-refractivity contribution in [2.45, 2.75) is 39.5 Å². The Morgan fingerprint density at radius 1 is 1.07 bits per heavy atom. The molecule has 0 atom stereocenters. The lowest BCUT2D eigenvalue weighted by molar-refractivity contribution is -0.384. The summed E-state index contributed by atoms with van der Waals surface area (Å²) >= 11 is 0. The number of aryl methyl sites for hydroxylation is 1. The minimum absolute atomic E-state index is 0.000847. The average Bonchev–Trinajstić information content (AvgIpc) is 3.12. The third-order valence-electron chi connectivity index (χ3n) is 4.77. The number of nitrogens with one attached hydrogen (secondary N) is 1. The highest BCUT2D eigenvalue weighted by Crippen LogP contribution is 2.28. The van der Waals surface area contributed by atoms with Crippen molar-refractivity contribution < 1.29 is 14.5 Å². The third-order valence-corrected chi connectivity index (χ3v) is 4.77. The molecule has 3 aromatic rings. The summed E-state index contributed by atoms with van der Waals surface area (Å²) in [5, 5.41) is 10.9. The van der Waals surface area contributed by atoms with Crippen molar-refractivity contribution in [1.29, 1.82) is 0 Å². The van der Waals surface area contributed by atoms with Crippen molar-refractivity contribution >= 4 is 11.7 Å². The lowest BCUT2D eigenvalue weighted by Crippen LogP contribution is -2.12. The highest BCUT2D eigenvalue weighted by atomic mass is 16.6. The quantitative estimate of drug-likeness (QED) is 0.262. The minimum Gasteiger partial charge on any atom is -0.423 e. The third kappa shape index (κ3) is 4.54. The number of ether oxygens (including phenoxy) is 1. The first-order chi connectivity index (χ1) is 13.7. The van der Waals surface area contributed by atoms with Crippen LogP contribution in [0.15, 0.2) is 54.6 Å². The van der Waals surface area contributed by atoms with Crippen LogP contribution in [-0.4, -0.2) is 15.9 Å². The zero-order valence-electron chi connectivity index (χ0n) is 17.0. The molecule has 0 unspecified atom stereocenters. The Morgan fingerprint density at radius 3 is 2.21 bits per heavy atom. The van der Waals surface area contributed by atoms with Crippen molar-refractivity contribution in [3.63, 3.8) is 0 Å². The normalized spacial score (nSPS) is 11.3. The van der Waals surface area contributed by atoms with Gasteiger partial charge < -0.3 is 9.72 Å². The van der Waals surface area contributed by atoms with Crippen LogP contribution in [0.5, 0.6) is 5.75 Å². The highest BCUT2D eigenvalue weighted by molar-refractivity contribution is 5.98. The van der Waals surface area contributed by atoms with Gasteiger partial charge in [-0.3, -0.25) is 10.1 Å². The predicted octanol–water partition coefficient (Wildman–Crippen LogP) is 5.67. The van der Waals surface area contributed by atoms with Crippen LogP contribution >= 0.6 is 0 Å². The van der Waals surface area contributed by atoms with Crippen LogP contribution < -0.4 is 4.74 Å². The Balaban J connectivity index is 1.89. The van der Waals surface area contributed by atoms with E-state index in [0.29, 0.717) is 29.0 Å². The predicted molar refractivity (Wildman–Crippen MR) is 112 cm³/mol. The number of non-ortho nitro benzene ring substituents is 1. The fourth-order valence-electron chi connectivity index (χ4n) is 3.02. The second kappa shape index (κ2) is 7.91. The summed E-state index contributed by atoms with van der Waals surface area (Å²) in [5.41, 5.74) is 3.72. The summed E-state index contributed by atoms with van der Waals surface area (Å²) in [6.07, 6.45) is 0.716. The summed E-state index contributed by atoms with van der Waals surface area (Å²) in [6, 6.07) is 15.3. The zero-order chi connectivity index (χ0) is 21.2. The van der Waals surface area contributed by atoms with E-state index in [1.54, 1.807) is 30.3 Å². The Labute approximate surface area is 169 Å². The number of rotatable bonds is 5. The van der Waals surface area contributed by atoms with Crippen LogP contribution in [0.1, 0.15) is 49.3 Å². The molecular formula is C23H24N2O4. The number of nitrogens with zero attached hydrogens (tertiary/aromatic N) is 1. The van der Waals surface area contributed by atoms with Crippen LogP contribution in [0.25, 0.3) is 11.3 Å². The Kier molecular flexibility index (Phi) is 5.55. The van der Waals surface area contributed by atoms with Crippen molar-refractivity contribution in [2.24, 2.45) is 0 Å². The molecule has 150 valence electrons. The molecule has 0 spiro atoms. The number of esters is 1. The van der Waals surface area contributed by atoms with Gasteiger partial charge in [-0.1, -0.05) is 39.8 Å². The van der Waals surface area contributed by atoms with Gasteiger partial charge in [0.05, 0.1) is 16.2 Å². The van der Waals surface area contributed by atoms with E-state index in [1.807, 2.05) is 19.1 Å².